The summed E-state index contributed by atoms with van der Waals surface area (Å²) in [5.74, 6) is -0.984. The molecule has 1 atom stereocenters. The zero-order valence-corrected chi connectivity index (χ0v) is 14.7. The summed E-state index contributed by atoms with van der Waals surface area (Å²) in [5.41, 5.74) is 0.363. The maximum Gasteiger partial charge on any atom is 0.341 e. The second kappa shape index (κ2) is 7.96. The standard InChI is InChI=1S/C17H23N3O5/c1-12-6-4-5-9-19(12)16(21)11-25-17(22)14-10-13(20(23)24)7-8-15(14)18(2)3/h7-8,10,12H,4-6,9,11H2,1-3H3/t12-/m0/s1. The minimum atomic E-state index is -0.745. The Kier molecular flexibility index (Phi) is 5.95. The lowest BCUT2D eigenvalue weighted by molar-refractivity contribution is -0.384. The number of anilines is 1. The SMILES string of the molecule is C[C@H]1CCCCN1C(=O)COC(=O)c1cc([N+](=O)[O-])ccc1N(C)C. The summed E-state index contributed by atoms with van der Waals surface area (Å²) in [6.07, 6.45) is 2.97. The molecule has 1 amide bonds. The number of non-ortho nitro benzene ring substituents is 1. The maximum absolute atomic E-state index is 12.4. The Morgan fingerprint density at radius 2 is 2.08 bits per heavy atom. The van der Waals surface area contributed by atoms with Gasteiger partial charge in [0.1, 0.15) is 0 Å². The fraction of sp³-hybridized carbons (Fsp3) is 0.529. The van der Waals surface area contributed by atoms with Crippen LogP contribution in [0.25, 0.3) is 0 Å². The van der Waals surface area contributed by atoms with Crippen LogP contribution in [0.3, 0.4) is 0 Å². The van der Waals surface area contributed by atoms with Gasteiger partial charge in [0.15, 0.2) is 6.61 Å². The molecule has 1 heterocycles. The molecule has 0 unspecified atom stereocenters. The minimum Gasteiger partial charge on any atom is -0.452 e. The van der Waals surface area contributed by atoms with Crippen LogP contribution in [0.4, 0.5) is 11.4 Å². The van der Waals surface area contributed by atoms with Crippen LogP contribution in [-0.4, -0.2) is 55.0 Å². The van der Waals surface area contributed by atoms with Crippen molar-refractivity contribution in [2.24, 2.45) is 0 Å². The molecular weight excluding hydrogens is 326 g/mol. The highest BCUT2D eigenvalue weighted by atomic mass is 16.6. The lowest BCUT2D eigenvalue weighted by atomic mass is 10.0. The molecule has 1 aromatic carbocycles. The number of nitro groups is 1. The summed E-state index contributed by atoms with van der Waals surface area (Å²) in [6.45, 7) is 2.28. The van der Waals surface area contributed by atoms with Gasteiger partial charge in [0.2, 0.25) is 0 Å². The summed E-state index contributed by atoms with van der Waals surface area (Å²) >= 11 is 0. The Hall–Kier alpha value is -2.64. The van der Waals surface area contributed by atoms with E-state index < -0.39 is 10.9 Å². The van der Waals surface area contributed by atoms with Crippen LogP contribution in [0.1, 0.15) is 36.5 Å². The van der Waals surface area contributed by atoms with Crippen LogP contribution in [0, 0.1) is 10.1 Å². The van der Waals surface area contributed by atoms with Gasteiger partial charge in [-0.3, -0.25) is 14.9 Å². The van der Waals surface area contributed by atoms with Crippen LogP contribution in [0.15, 0.2) is 18.2 Å². The van der Waals surface area contributed by atoms with Gasteiger partial charge in [-0.15, -0.1) is 0 Å². The van der Waals surface area contributed by atoms with Crippen LogP contribution >= 0.6 is 0 Å². The normalized spacial score (nSPS) is 17.1. The van der Waals surface area contributed by atoms with E-state index in [1.54, 1.807) is 23.9 Å². The minimum absolute atomic E-state index is 0.0682. The molecule has 136 valence electrons. The summed E-state index contributed by atoms with van der Waals surface area (Å²) in [4.78, 5) is 38.4. The van der Waals surface area contributed by atoms with Gasteiger partial charge in [0, 0.05) is 38.8 Å². The van der Waals surface area contributed by atoms with Gasteiger partial charge in [0.05, 0.1) is 16.2 Å². The predicted octanol–water partition coefficient (Wildman–Crippen LogP) is 2.22. The van der Waals surface area contributed by atoms with Gasteiger partial charge < -0.3 is 14.5 Å². The van der Waals surface area contributed by atoms with Gasteiger partial charge in [-0.1, -0.05) is 0 Å². The van der Waals surface area contributed by atoms with Crippen molar-refractivity contribution in [1.82, 2.24) is 4.90 Å². The zero-order valence-electron chi connectivity index (χ0n) is 14.7. The highest BCUT2D eigenvalue weighted by molar-refractivity contribution is 5.97. The van der Waals surface area contributed by atoms with E-state index in [1.165, 1.54) is 18.2 Å². The first-order valence-corrected chi connectivity index (χ1v) is 8.23. The van der Waals surface area contributed by atoms with E-state index >= 15 is 0 Å². The van der Waals surface area contributed by atoms with Gasteiger partial charge >= 0.3 is 5.97 Å². The van der Waals surface area contributed by atoms with E-state index in [1.807, 2.05) is 6.92 Å². The van der Waals surface area contributed by atoms with Crippen molar-refractivity contribution in [3.63, 3.8) is 0 Å². The van der Waals surface area contributed by atoms with Crippen molar-refractivity contribution < 1.29 is 19.2 Å². The van der Waals surface area contributed by atoms with Crippen LogP contribution in [0.5, 0.6) is 0 Å². The summed E-state index contributed by atoms with van der Waals surface area (Å²) in [7, 11) is 3.44. The number of hydrogen-bond donors (Lipinski definition) is 0. The third-order valence-corrected chi connectivity index (χ3v) is 4.34. The molecule has 2 rings (SSSR count). The number of esters is 1. The second-order valence-corrected chi connectivity index (χ2v) is 6.36. The number of likely N-dealkylation sites (tertiary alicyclic amines) is 1. The molecule has 0 radical (unpaired) electrons. The van der Waals surface area contributed by atoms with Gasteiger partial charge in [-0.05, 0) is 32.3 Å². The highest BCUT2D eigenvalue weighted by Gasteiger charge is 2.25. The third-order valence-electron chi connectivity index (χ3n) is 4.34. The van der Waals surface area contributed by atoms with Gasteiger partial charge in [-0.25, -0.2) is 4.79 Å². The van der Waals surface area contributed by atoms with Crippen LogP contribution < -0.4 is 4.90 Å². The molecule has 0 N–H and O–H groups in total. The van der Waals surface area contributed by atoms with Crippen LogP contribution in [0.2, 0.25) is 0 Å². The molecule has 1 aromatic rings. The maximum atomic E-state index is 12.4. The molecule has 8 nitrogen and oxygen atoms in total. The van der Waals surface area contributed by atoms with E-state index in [2.05, 4.69) is 0 Å². The molecule has 0 saturated carbocycles. The first kappa shape index (κ1) is 18.7. The monoisotopic (exact) mass is 349 g/mol. The quantitative estimate of drug-likeness (QED) is 0.460. The Bertz CT molecular complexity index is 674. The Morgan fingerprint density at radius 3 is 2.68 bits per heavy atom. The lowest BCUT2D eigenvalue weighted by Gasteiger charge is -2.33. The summed E-state index contributed by atoms with van der Waals surface area (Å²) in [5, 5.41) is 10.9. The Morgan fingerprint density at radius 1 is 1.36 bits per heavy atom. The van der Waals surface area contributed by atoms with Crippen molar-refractivity contribution >= 4 is 23.3 Å². The first-order valence-electron chi connectivity index (χ1n) is 8.23. The Labute approximate surface area is 146 Å². The molecule has 0 aliphatic carbocycles. The van der Waals surface area contributed by atoms with Gasteiger partial charge in [0.25, 0.3) is 11.6 Å². The molecule has 8 heteroatoms. The average molecular weight is 349 g/mol. The largest absolute Gasteiger partial charge is 0.452 e. The van der Waals surface area contributed by atoms with E-state index in [0.717, 1.165) is 19.3 Å². The van der Waals surface area contributed by atoms with Crippen molar-refractivity contribution in [1.29, 1.82) is 0 Å². The number of amides is 1. The highest BCUT2D eigenvalue weighted by Crippen LogP contribution is 2.25. The van der Waals surface area contributed by atoms with Crippen molar-refractivity contribution in [3.05, 3.63) is 33.9 Å². The van der Waals surface area contributed by atoms with E-state index in [4.69, 9.17) is 4.74 Å². The van der Waals surface area contributed by atoms with E-state index in [-0.39, 0.29) is 29.8 Å². The molecule has 1 saturated heterocycles. The average Bonchev–Trinajstić information content (AvgIpc) is 2.59. The number of carbonyl (C=O) groups excluding carboxylic acids is 2. The lowest BCUT2D eigenvalue weighted by Crippen LogP contribution is -2.44. The number of carbonyl (C=O) groups is 2. The smallest absolute Gasteiger partial charge is 0.341 e. The van der Waals surface area contributed by atoms with Crippen molar-refractivity contribution in [3.8, 4) is 0 Å². The first-order chi connectivity index (χ1) is 11.8. The molecule has 0 bridgehead atoms. The molecule has 1 fully saturated rings. The fourth-order valence-electron chi connectivity index (χ4n) is 2.95. The number of nitrogens with zero attached hydrogens (tertiary/aromatic N) is 3. The molecular formula is C17H23N3O5. The number of piperidine rings is 1. The summed E-state index contributed by atoms with van der Waals surface area (Å²) in [6, 6.07) is 4.12. The van der Waals surface area contributed by atoms with Crippen molar-refractivity contribution in [2.45, 2.75) is 32.2 Å². The second-order valence-electron chi connectivity index (χ2n) is 6.36. The Balaban J connectivity index is 2.10. The predicted molar refractivity (Wildman–Crippen MR) is 92.7 cm³/mol. The topological polar surface area (TPSA) is 93.0 Å². The van der Waals surface area contributed by atoms with E-state index in [0.29, 0.717) is 12.2 Å². The van der Waals surface area contributed by atoms with Gasteiger partial charge in [-0.2, -0.15) is 0 Å². The number of rotatable bonds is 5. The number of nitro benzene ring substituents is 1. The zero-order chi connectivity index (χ0) is 18.6. The molecule has 1 aliphatic rings. The van der Waals surface area contributed by atoms with Crippen LogP contribution in [-0.2, 0) is 9.53 Å². The molecule has 1 aliphatic heterocycles. The van der Waals surface area contributed by atoms with E-state index in [9.17, 15) is 19.7 Å². The third kappa shape index (κ3) is 4.46. The summed E-state index contributed by atoms with van der Waals surface area (Å²) < 4.78 is 5.14. The fourth-order valence-corrected chi connectivity index (χ4v) is 2.95. The molecule has 0 aromatic heterocycles. The van der Waals surface area contributed by atoms with Crippen molar-refractivity contribution in [2.75, 3.05) is 32.1 Å². The number of benzene rings is 1. The number of hydrogen-bond acceptors (Lipinski definition) is 6. The number of ether oxygens (including phenoxy) is 1. The molecule has 25 heavy (non-hydrogen) atoms. The molecule has 0 spiro atoms.